The standard InChI is InChI=1S/C12H19N3O3/c1-8(2)6-15(7-11(16)17)12(18)10-5-9(3)13-14(10)4/h5,8H,6-7H2,1-4H3,(H,16,17). The molecule has 0 aliphatic heterocycles. The molecule has 1 rings (SSSR count). The van der Waals surface area contributed by atoms with E-state index in [1.165, 1.54) is 9.58 Å². The number of aryl methyl sites for hydroxylation is 2. The molecule has 1 amide bonds. The molecule has 0 unspecified atom stereocenters. The van der Waals surface area contributed by atoms with Crippen LogP contribution in [-0.4, -0.2) is 44.8 Å². The molecule has 0 saturated heterocycles. The van der Waals surface area contributed by atoms with E-state index >= 15 is 0 Å². The van der Waals surface area contributed by atoms with Crippen LogP contribution in [0.2, 0.25) is 0 Å². The van der Waals surface area contributed by atoms with Crippen LogP contribution in [0, 0.1) is 12.8 Å². The van der Waals surface area contributed by atoms with Gasteiger partial charge in [0.15, 0.2) is 0 Å². The Kier molecular flexibility index (Phi) is 4.47. The molecule has 0 bridgehead atoms. The first-order valence-corrected chi connectivity index (χ1v) is 5.83. The lowest BCUT2D eigenvalue weighted by atomic mass is 10.2. The molecule has 0 fully saturated rings. The molecule has 0 aliphatic carbocycles. The minimum absolute atomic E-state index is 0.211. The maximum absolute atomic E-state index is 12.3. The van der Waals surface area contributed by atoms with Gasteiger partial charge in [-0.3, -0.25) is 14.3 Å². The lowest BCUT2D eigenvalue weighted by molar-refractivity contribution is -0.137. The van der Waals surface area contributed by atoms with Crippen molar-refractivity contribution in [3.05, 3.63) is 17.5 Å². The van der Waals surface area contributed by atoms with Gasteiger partial charge in [0.1, 0.15) is 12.2 Å². The summed E-state index contributed by atoms with van der Waals surface area (Å²) in [5, 5.41) is 12.9. The number of aliphatic carboxylic acids is 1. The van der Waals surface area contributed by atoms with Gasteiger partial charge in [-0.1, -0.05) is 13.8 Å². The average Bonchev–Trinajstić information content (AvgIpc) is 2.54. The van der Waals surface area contributed by atoms with Crippen LogP contribution in [0.3, 0.4) is 0 Å². The molecule has 0 saturated carbocycles. The normalized spacial score (nSPS) is 10.7. The van der Waals surface area contributed by atoms with E-state index in [0.717, 1.165) is 5.69 Å². The first-order valence-electron chi connectivity index (χ1n) is 5.83. The summed E-state index contributed by atoms with van der Waals surface area (Å²) in [6, 6.07) is 1.66. The zero-order valence-electron chi connectivity index (χ0n) is 11.2. The first-order chi connectivity index (χ1) is 8.31. The first kappa shape index (κ1) is 14.2. The predicted molar refractivity (Wildman–Crippen MR) is 66.3 cm³/mol. The number of aromatic nitrogens is 2. The Morgan fingerprint density at radius 3 is 2.50 bits per heavy atom. The van der Waals surface area contributed by atoms with Crippen LogP contribution in [0.1, 0.15) is 30.0 Å². The molecular formula is C12H19N3O3. The zero-order valence-corrected chi connectivity index (χ0v) is 11.2. The van der Waals surface area contributed by atoms with Crippen molar-refractivity contribution in [2.45, 2.75) is 20.8 Å². The quantitative estimate of drug-likeness (QED) is 0.846. The number of amides is 1. The summed E-state index contributed by atoms with van der Waals surface area (Å²) in [6.45, 7) is 5.80. The highest BCUT2D eigenvalue weighted by atomic mass is 16.4. The fraction of sp³-hybridized carbons (Fsp3) is 0.583. The molecular weight excluding hydrogens is 234 g/mol. The largest absolute Gasteiger partial charge is 0.480 e. The van der Waals surface area contributed by atoms with Crippen LogP contribution in [0.15, 0.2) is 6.07 Å². The molecule has 0 aliphatic rings. The third-order valence-corrected chi connectivity index (χ3v) is 2.42. The molecule has 0 spiro atoms. The van der Waals surface area contributed by atoms with E-state index in [1.807, 2.05) is 13.8 Å². The van der Waals surface area contributed by atoms with Crippen molar-refractivity contribution in [1.29, 1.82) is 0 Å². The van der Waals surface area contributed by atoms with E-state index in [1.54, 1.807) is 20.0 Å². The van der Waals surface area contributed by atoms with Crippen molar-refractivity contribution in [3.63, 3.8) is 0 Å². The van der Waals surface area contributed by atoms with Gasteiger partial charge in [-0.15, -0.1) is 0 Å². The number of hydrogen-bond donors (Lipinski definition) is 1. The summed E-state index contributed by atoms with van der Waals surface area (Å²) < 4.78 is 1.48. The topological polar surface area (TPSA) is 75.4 Å². The molecule has 6 heteroatoms. The number of nitrogens with zero attached hydrogens (tertiary/aromatic N) is 3. The molecule has 0 aromatic carbocycles. The Bertz CT molecular complexity index is 451. The number of carbonyl (C=O) groups excluding carboxylic acids is 1. The van der Waals surface area contributed by atoms with Crippen LogP contribution in [0.25, 0.3) is 0 Å². The van der Waals surface area contributed by atoms with Crippen LogP contribution < -0.4 is 0 Å². The summed E-state index contributed by atoms with van der Waals surface area (Å²) >= 11 is 0. The number of rotatable bonds is 5. The van der Waals surface area contributed by atoms with Crippen molar-refractivity contribution in [3.8, 4) is 0 Å². The van der Waals surface area contributed by atoms with Gasteiger partial charge in [-0.05, 0) is 18.9 Å². The minimum Gasteiger partial charge on any atom is -0.480 e. The van der Waals surface area contributed by atoms with Crippen molar-refractivity contribution >= 4 is 11.9 Å². The van der Waals surface area contributed by atoms with Gasteiger partial charge in [-0.25, -0.2) is 0 Å². The van der Waals surface area contributed by atoms with Crippen LogP contribution >= 0.6 is 0 Å². The number of hydrogen-bond acceptors (Lipinski definition) is 3. The number of carbonyl (C=O) groups is 2. The fourth-order valence-corrected chi connectivity index (χ4v) is 1.80. The van der Waals surface area contributed by atoms with E-state index in [4.69, 9.17) is 5.11 Å². The van der Waals surface area contributed by atoms with Gasteiger partial charge in [0.05, 0.1) is 5.69 Å². The minimum atomic E-state index is -1.01. The summed E-state index contributed by atoms with van der Waals surface area (Å²) in [7, 11) is 1.68. The molecule has 1 heterocycles. The van der Waals surface area contributed by atoms with Crippen molar-refractivity contribution < 1.29 is 14.7 Å². The smallest absolute Gasteiger partial charge is 0.323 e. The highest BCUT2D eigenvalue weighted by molar-refractivity contribution is 5.94. The zero-order chi connectivity index (χ0) is 13.9. The van der Waals surface area contributed by atoms with Gasteiger partial charge in [0.25, 0.3) is 5.91 Å². The Morgan fingerprint density at radius 1 is 1.50 bits per heavy atom. The average molecular weight is 253 g/mol. The maximum Gasteiger partial charge on any atom is 0.323 e. The van der Waals surface area contributed by atoms with Crippen molar-refractivity contribution in [2.24, 2.45) is 13.0 Å². The monoisotopic (exact) mass is 253 g/mol. The van der Waals surface area contributed by atoms with E-state index in [-0.39, 0.29) is 18.4 Å². The maximum atomic E-state index is 12.3. The third kappa shape index (κ3) is 3.58. The second-order valence-electron chi connectivity index (χ2n) is 4.77. The Morgan fingerprint density at radius 2 is 2.11 bits per heavy atom. The third-order valence-electron chi connectivity index (χ3n) is 2.42. The molecule has 1 aromatic rings. The second kappa shape index (κ2) is 5.66. The fourth-order valence-electron chi connectivity index (χ4n) is 1.80. The molecule has 18 heavy (non-hydrogen) atoms. The highest BCUT2D eigenvalue weighted by Gasteiger charge is 2.22. The highest BCUT2D eigenvalue weighted by Crippen LogP contribution is 2.08. The van der Waals surface area contributed by atoms with Crippen molar-refractivity contribution in [2.75, 3.05) is 13.1 Å². The Labute approximate surface area is 106 Å². The van der Waals surface area contributed by atoms with Gasteiger partial charge in [0, 0.05) is 13.6 Å². The Hall–Kier alpha value is -1.85. The van der Waals surface area contributed by atoms with E-state index in [2.05, 4.69) is 5.10 Å². The molecule has 0 radical (unpaired) electrons. The number of carboxylic acids is 1. The summed E-state index contributed by atoms with van der Waals surface area (Å²) in [5.41, 5.74) is 1.15. The molecule has 100 valence electrons. The summed E-state index contributed by atoms with van der Waals surface area (Å²) in [6.07, 6.45) is 0. The van der Waals surface area contributed by atoms with E-state index in [9.17, 15) is 9.59 Å². The predicted octanol–water partition coefficient (Wildman–Crippen LogP) is 0.911. The molecule has 0 atom stereocenters. The van der Waals surface area contributed by atoms with Crippen molar-refractivity contribution in [1.82, 2.24) is 14.7 Å². The Balaban J connectivity index is 2.94. The van der Waals surface area contributed by atoms with Crippen LogP contribution in [0.5, 0.6) is 0 Å². The van der Waals surface area contributed by atoms with Gasteiger partial charge in [-0.2, -0.15) is 5.10 Å². The van der Waals surface area contributed by atoms with Gasteiger partial charge >= 0.3 is 5.97 Å². The molecule has 1 aromatic heterocycles. The molecule has 1 N–H and O–H groups in total. The SMILES string of the molecule is Cc1cc(C(=O)N(CC(=O)O)CC(C)C)n(C)n1. The molecule has 6 nitrogen and oxygen atoms in total. The van der Waals surface area contributed by atoms with E-state index < -0.39 is 5.97 Å². The summed E-state index contributed by atoms with van der Waals surface area (Å²) in [4.78, 5) is 24.4. The van der Waals surface area contributed by atoms with E-state index in [0.29, 0.717) is 12.2 Å². The van der Waals surface area contributed by atoms with Gasteiger partial charge < -0.3 is 10.0 Å². The van der Waals surface area contributed by atoms with Crippen LogP contribution in [0.4, 0.5) is 0 Å². The lowest BCUT2D eigenvalue weighted by Gasteiger charge is -2.22. The lowest BCUT2D eigenvalue weighted by Crippen LogP contribution is -2.39. The number of carboxylic acid groups (broad SMARTS) is 1. The summed E-state index contributed by atoms with van der Waals surface area (Å²) in [5.74, 6) is -1.10. The second-order valence-corrected chi connectivity index (χ2v) is 4.77. The van der Waals surface area contributed by atoms with Crippen LogP contribution in [-0.2, 0) is 11.8 Å². The van der Waals surface area contributed by atoms with Gasteiger partial charge in [0.2, 0.25) is 0 Å².